The van der Waals surface area contributed by atoms with Gasteiger partial charge in [-0.2, -0.15) is 0 Å². The van der Waals surface area contributed by atoms with Gasteiger partial charge in [-0.25, -0.2) is 0 Å². The van der Waals surface area contributed by atoms with Gasteiger partial charge in [-0.15, -0.1) is 0 Å². The highest BCUT2D eigenvalue weighted by Crippen LogP contribution is 2.36. The third-order valence-corrected chi connectivity index (χ3v) is 12.1. The van der Waals surface area contributed by atoms with E-state index in [4.69, 9.17) is 9.16 Å². The molecule has 3 aromatic carbocycles. The van der Waals surface area contributed by atoms with Crippen LogP contribution in [0.25, 0.3) is 0 Å². The predicted octanol–water partition coefficient (Wildman–Crippen LogP) is 6.36. The van der Waals surface area contributed by atoms with Gasteiger partial charge >= 0.3 is 0 Å². The Kier molecular flexibility index (Phi) is 10.9. The molecule has 0 spiro atoms. The van der Waals surface area contributed by atoms with E-state index in [1.807, 2.05) is 25.1 Å². The lowest BCUT2D eigenvalue weighted by Gasteiger charge is -2.43. The SMILES string of the molecule is C[C@H](COCc1ccccc1)[C@@H](O)[C@@H](C)/C=C/CCO[Si](c1ccccc1)(c1ccccc1)C(C)(C)C. The van der Waals surface area contributed by atoms with Crippen LogP contribution in [0.5, 0.6) is 0 Å². The van der Waals surface area contributed by atoms with Crippen LogP contribution in [0.4, 0.5) is 0 Å². The molecule has 0 bridgehead atoms. The average molecular weight is 517 g/mol. The van der Waals surface area contributed by atoms with Crippen LogP contribution in [0.3, 0.4) is 0 Å². The molecule has 3 rings (SSSR count). The van der Waals surface area contributed by atoms with Gasteiger partial charge in [0.25, 0.3) is 8.32 Å². The second-order valence-electron chi connectivity index (χ2n) is 11.1. The molecule has 0 fully saturated rings. The molecule has 3 nitrogen and oxygen atoms in total. The molecule has 1 N–H and O–H groups in total. The number of rotatable bonds is 13. The average Bonchev–Trinajstić information content (AvgIpc) is 2.91. The quantitative estimate of drug-likeness (QED) is 0.163. The van der Waals surface area contributed by atoms with E-state index in [1.165, 1.54) is 10.4 Å². The second-order valence-corrected chi connectivity index (χ2v) is 15.4. The molecule has 3 aromatic rings. The number of aliphatic hydroxyl groups excluding tert-OH is 1. The van der Waals surface area contributed by atoms with Crippen LogP contribution in [0.1, 0.15) is 46.6 Å². The van der Waals surface area contributed by atoms with Gasteiger partial charge in [0.05, 0.1) is 19.3 Å². The molecule has 198 valence electrons. The normalized spacial score (nSPS) is 15.0. The van der Waals surface area contributed by atoms with Crippen molar-refractivity contribution in [3.05, 3.63) is 109 Å². The van der Waals surface area contributed by atoms with Gasteiger partial charge in [-0.05, 0) is 27.4 Å². The molecule has 0 aliphatic carbocycles. The number of hydrogen-bond acceptors (Lipinski definition) is 3. The van der Waals surface area contributed by atoms with Gasteiger partial charge in [0.15, 0.2) is 0 Å². The fourth-order valence-corrected chi connectivity index (χ4v) is 9.60. The molecule has 0 aromatic heterocycles. The van der Waals surface area contributed by atoms with E-state index < -0.39 is 14.4 Å². The van der Waals surface area contributed by atoms with Crippen molar-refractivity contribution in [3.63, 3.8) is 0 Å². The highest BCUT2D eigenvalue weighted by atomic mass is 28.4. The molecule has 0 radical (unpaired) electrons. The van der Waals surface area contributed by atoms with E-state index >= 15 is 0 Å². The van der Waals surface area contributed by atoms with Gasteiger partial charge in [-0.1, -0.05) is 138 Å². The van der Waals surface area contributed by atoms with Crippen molar-refractivity contribution in [2.24, 2.45) is 11.8 Å². The minimum Gasteiger partial charge on any atom is -0.407 e. The summed E-state index contributed by atoms with van der Waals surface area (Å²) in [6.07, 6.45) is 4.63. The molecule has 0 heterocycles. The van der Waals surface area contributed by atoms with Crippen LogP contribution in [-0.4, -0.2) is 32.7 Å². The largest absolute Gasteiger partial charge is 0.407 e. The highest BCUT2D eigenvalue weighted by molar-refractivity contribution is 6.99. The summed E-state index contributed by atoms with van der Waals surface area (Å²) in [5, 5.41) is 13.4. The van der Waals surface area contributed by atoms with E-state index in [-0.39, 0.29) is 16.9 Å². The summed E-state index contributed by atoms with van der Waals surface area (Å²) >= 11 is 0. The number of hydrogen-bond donors (Lipinski definition) is 1. The van der Waals surface area contributed by atoms with Crippen molar-refractivity contribution in [2.75, 3.05) is 13.2 Å². The van der Waals surface area contributed by atoms with Gasteiger partial charge < -0.3 is 14.3 Å². The summed E-state index contributed by atoms with van der Waals surface area (Å²) < 4.78 is 12.8. The summed E-state index contributed by atoms with van der Waals surface area (Å²) in [4.78, 5) is 0. The van der Waals surface area contributed by atoms with E-state index in [2.05, 4.69) is 113 Å². The maximum atomic E-state index is 10.8. The fourth-order valence-electron chi connectivity index (χ4n) is 5.02. The molecule has 0 saturated heterocycles. The summed E-state index contributed by atoms with van der Waals surface area (Å²) in [6, 6.07) is 31.6. The van der Waals surface area contributed by atoms with Crippen molar-refractivity contribution in [3.8, 4) is 0 Å². The topological polar surface area (TPSA) is 38.7 Å². The first kappa shape index (κ1) is 29.1. The third-order valence-electron chi connectivity index (χ3n) is 7.07. The van der Waals surface area contributed by atoms with E-state index in [1.54, 1.807) is 0 Å². The molecule has 37 heavy (non-hydrogen) atoms. The van der Waals surface area contributed by atoms with Crippen molar-refractivity contribution in [1.82, 2.24) is 0 Å². The van der Waals surface area contributed by atoms with Crippen LogP contribution in [0, 0.1) is 11.8 Å². The minimum atomic E-state index is -2.51. The Bertz CT molecular complexity index is 1020. The first-order valence-electron chi connectivity index (χ1n) is 13.5. The molecule has 3 atom stereocenters. The second kappa shape index (κ2) is 13.9. The monoisotopic (exact) mass is 516 g/mol. The zero-order valence-electron chi connectivity index (χ0n) is 23.1. The van der Waals surface area contributed by atoms with Gasteiger partial charge in [0.2, 0.25) is 0 Å². The lowest BCUT2D eigenvalue weighted by Crippen LogP contribution is -2.66. The van der Waals surface area contributed by atoms with E-state index in [0.717, 1.165) is 12.0 Å². The van der Waals surface area contributed by atoms with Crippen LogP contribution < -0.4 is 10.4 Å². The maximum Gasteiger partial charge on any atom is 0.261 e. The Morgan fingerprint density at radius 2 is 1.32 bits per heavy atom. The highest BCUT2D eigenvalue weighted by Gasteiger charge is 2.49. The summed E-state index contributed by atoms with van der Waals surface area (Å²) in [5.74, 6) is 0.0971. The van der Waals surface area contributed by atoms with Gasteiger partial charge in [0.1, 0.15) is 0 Å². The van der Waals surface area contributed by atoms with Crippen molar-refractivity contribution in [2.45, 2.75) is 58.8 Å². The summed E-state index contributed by atoms with van der Waals surface area (Å²) in [5.41, 5.74) is 1.15. The molecule has 0 amide bonds. The smallest absolute Gasteiger partial charge is 0.261 e. The van der Waals surface area contributed by atoms with Crippen LogP contribution in [0.2, 0.25) is 5.04 Å². The standard InChI is InChI=1S/C33H44O3Si/c1-27(32(34)28(2)25-35-26-29-18-9-6-10-19-29)17-15-16-24-36-37(33(3,4)5,30-20-11-7-12-21-30)31-22-13-8-14-23-31/h6-15,17-23,27-28,32,34H,16,24-26H2,1-5H3/b17-15+/t27-,28+,32-/m0/s1. The number of benzene rings is 3. The minimum absolute atomic E-state index is 0.0297. The predicted molar refractivity (Wildman–Crippen MR) is 158 cm³/mol. The van der Waals surface area contributed by atoms with Gasteiger partial charge in [-0.3, -0.25) is 0 Å². The Morgan fingerprint density at radius 1 is 0.811 bits per heavy atom. The third kappa shape index (κ3) is 7.75. The number of aliphatic hydroxyl groups is 1. The molecule has 0 saturated carbocycles. The molecule has 0 unspecified atom stereocenters. The van der Waals surface area contributed by atoms with Gasteiger partial charge in [0, 0.05) is 18.4 Å². The molecule has 4 heteroatoms. The van der Waals surface area contributed by atoms with Crippen LogP contribution in [0.15, 0.2) is 103 Å². The first-order chi connectivity index (χ1) is 17.8. The molecular formula is C33H44O3Si. The maximum absolute atomic E-state index is 10.8. The Balaban J connectivity index is 1.59. The Hall–Kier alpha value is -2.50. The molecule has 0 aliphatic heterocycles. The van der Waals surface area contributed by atoms with Crippen LogP contribution >= 0.6 is 0 Å². The zero-order valence-corrected chi connectivity index (χ0v) is 24.1. The first-order valence-corrected chi connectivity index (χ1v) is 15.4. The fraction of sp³-hybridized carbons (Fsp3) is 0.394. The Labute approximate surface area is 225 Å². The van der Waals surface area contributed by atoms with Crippen molar-refractivity contribution >= 4 is 18.7 Å². The van der Waals surface area contributed by atoms with E-state index in [0.29, 0.717) is 19.8 Å². The van der Waals surface area contributed by atoms with Crippen molar-refractivity contribution in [1.29, 1.82) is 0 Å². The molecule has 0 aliphatic rings. The molecular weight excluding hydrogens is 472 g/mol. The van der Waals surface area contributed by atoms with E-state index in [9.17, 15) is 5.11 Å². The summed E-state index contributed by atoms with van der Waals surface area (Å²) in [6.45, 7) is 12.8. The Morgan fingerprint density at radius 3 is 1.84 bits per heavy atom. The van der Waals surface area contributed by atoms with Crippen molar-refractivity contribution < 1.29 is 14.3 Å². The zero-order chi connectivity index (χ0) is 26.7. The number of ether oxygens (including phenoxy) is 1. The summed E-state index contributed by atoms with van der Waals surface area (Å²) in [7, 11) is -2.51. The lowest BCUT2D eigenvalue weighted by molar-refractivity contribution is 0.0133. The lowest BCUT2D eigenvalue weighted by atomic mass is 9.93. The van der Waals surface area contributed by atoms with Crippen LogP contribution in [-0.2, 0) is 15.8 Å².